The maximum Gasteiger partial charge on any atom is 0.354 e. The van der Waals surface area contributed by atoms with Crippen molar-refractivity contribution in [3.8, 4) is 0 Å². The molecule has 0 aliphatic rings. The van der Waals surface area contributed by atoms with E-state index in [4.69, 9.17) is 5.11 Å². The molecule has 110 valence electrons. The number of aromatic nitrogens is 2. The normalized spacial score (nSPS) is 10.3. The van der Waals surface area contributed by atoms with Gasteiger partial charge in [0, 0.05) is 19.0 Å². The monoisotopic (exact) mass is 285 g/mol. The Kier molecular flexibility index (Phi) is 5.26. The summed E-state index contributed by atoms with van der Waals surface area (Å²) in [4.78, 5) is 19.5. The highest BCUT2D eigenvalue weighted by Gasteiger charge is 2.10. The van der Waals surface area contributed by atoms with Crippen molar-refractivity contribution in [1.29, 1.82) is 0 Å². The minimum absolute atomic E-state index is 0.0376. The van der Waals surface area contributed by atoms with E-state index in [1.807, 2.05) is 25.1 Å². The standard InChI is InChI=1S/C16H19N3O2/c1-2-17-15-11-13(16(20)21)18-14(19-15)10-6-9-12-7-4-3-5-8-12/h3-5,7-8,11H,2,6,9-10H2,1H3,(H,20,21)(H,17,18,19). The minimum Gasteiger partial charge on any atom is -0.477 e. The van der Waals surface area contributed by atoms with Crippen LogP contribution in [-0.2, 0) is 12.8 Å². The fraction of sp³-hybridized carbons (Fsp3) is 0.312. The van der Waals surface area contributed by atoms with Crippen LogP contribution in [0.3, 0.4) is 0 Å². The van der Waals surface area contributed by atoms with Crippen LogP contribution in [-0.4, -0.2) is 27.6 Å². The first kappa shape index (κ1) is 15.0. The Labute approximate surface area is 124 Å². The SMILES string of the molecule is CCNc1cc(C(=O)O)nc(CCCc2ccccc2)n1. The molecule has 0 unspecified atom stereocenters. The molecule has 0 bridgehead atoms. The molecule has 5 nitrogen and oxygen atoms in total. The fourth-order valence-corrected chi connectivity index (χ4v) is 2.09. The van der Waals surface area contributed by atoms with Gasteiger partial charge in [-0.05, 0) is 25.3 Å². The molecular formula is C16H19N3O2. The van der Waals surface area contributed by atoms with Gasteiger partial charge in [0.1, 0.15) is 11.6 Å². The molecule has 1 aromatic heterocycles. The Morgan fingerprint density at radius 2 is 1.95 bits per heavy atom. The maximum atomic E-state index is 11.1. The summed E-state index contributed by atoms with van der Waals surface area (Å²) in [5.74, 6) is 0.113. The Bertz CT molecular complexity index is 600. The van der Waals surface area contributed by atoms with E-state index in [0.29, 0.717) is 24.6 Å². The van der Waals surface area contributed by atoms with Crippen molar-refractivity contribution in [3.63, 3.8) is 0 Å². The molecule has 0 fully saturated rings. The molecule has 0 spiro atoms. The number of anilines is 1. The van der Waals surface area contributed by atoms with Crippen molar-refractivity contribution in [2.24, 2.45) is 0 Å². The number of carboxylic acid groups (broad SMARTS) is 1. The van der Waals surface area contributed by atoms with Gasteiger partial charge in [0.15, 0.2) is 5.69 Å². The summed E-state index contributed by atoms with van der Waals surface area (Å²) in [7, 11) is 0. The van der Waals surface area contributed by atoms with Crippen LogP contribution >= 0.6 is 0 Å². The summed E-state index contributed by atoms with van der Waals surface area (Å²) >= 11 is 0. The molecule has 0 aliphatic carbocycles. The Hall–Kier alpha value is -2.43. The van der Waals surface area contributed by atoms with Gasteiger partial charge in [-0.3, -0.25) is 0 Å². The number of nitrogens with zero attached hydrogens (tertiary/aromatic N) is 2. The quantitative estimate of drug-likeness (QED) is 0.818. The molecular weight excluding hydrogens is 266 g/mol. The molecule has 1 aromatic carbocycles. The predicted molar refractivity (Wildman–Crippen MR) is 81.6 cm³/mol. The van der Waals surface area contributed by atoms with Gasteiger partial charge >= 0.3 is 5.97 Å². The van der Waals surface area contributed by atoms with Gasteiger partial charge in [-0.15, -0.1) is 0 Å². The van der Waals surface area contributed by atoms with Crippen molar-refractivity contribution < 1.29 is 9.90 Å². The topological polar surface area (TPSA) is 75.1 Å². The van der Waals surface area contributed by atoms with E-state index in [1.54, 1.807) is 0 Å². The summed E-state index contributed by atoms with van der Waals surface area (Å²) in [5.41, 5.74) is 1.30. The van der Waals surface area contributed by atoms with Crippen LogP contribution in [0.15, 0.2) is 36.4 Å². The smallest absolute Gasteiger partial charge is 0.354 e. The zero-order valence-electron chi connectivity index (χ0n) is 12.0. The first-order valence-corrected chi connectivity index (χ1v) is 7.08. The average molecular weight is 285 g/mol. The minimum atomic E-state index is -1.03. The highest BCUT2D eigenvalue weighted by molar-refractivity contribution is 5.86. The zero-order chi connectivity index (χ0) is 15.1. The number of benzene rings is 1. The van der Waals surface area contributed by atoms with E-state index in [-0.39, 0.29) is 5.69 Å². The summed E-state index contributed by atoms with van der Waals surface area (Å²) < 4.78 is 0. The number of hydrogen-bond donors (Lipinski definition) is 2. The van der Waals surface area contributed by atoms with Crippen LogP contribution in [0, 0.1) is 0 Å². The number of aryl methyl sites for hydroxylation is 2. The third-order valence-electron chi connectivity index (χ3n) is 3.06. The van der Waals surface area contributed by atoms with E-state index < -0.39 is 5.97 Å². The van der Waals surface area contributed by atoms with Gasteiger partial charge in [-0.1, -0.05) is 30.3 Å². The summed E-state index contributed by atoms with van der Waals surface area (Å²) in [6.45, 7) is 2.64. The molecule has 0 aliphatic heterocycles. The number of rotatable bonds is 7. The molecule has 2 rings (SSSR count). The van der Waals surface area contributed by atoms with Crippen molar-refractivity contribution >= 4 is 11.8 Å². The second-order valence-corrected chi connectivity index (χ2v) is 4.73. The molecule has 2 N–H and O–H groups in total. The van der Waals surface area contributed by atoms with Gasteiger partial charge in [0.2, 0.25) is 0 Å². The molecule has 2 aromatic rings. The number of carboxylic acids is 1. The molecule has 21 heavy (non-hydrogen) atoms. The van der Waals surface area contributed by atoms with Crippen molar-refractivity contribution in [2.45, 2.75) is 26.2 Å². The largest absolute Gasteiger partial charge is 0.477 e. The predicted octanol–water partition coefficient (Wildman–Crippen LogP) is 2.78. The van der Waals surface area contributed by atoms with E-state index in [2.05, 4.69) is 27.4 Å². The summed E-state index contributed by atoms with van der Waals surface area (Å²) in [6.07, 6.45) is 2.48. The molecule has 0 saturated carbocycles. The van der Waals surface area contributed by atoms with Crippen LogP contribution in [0.5, 0.6) is 0 Å². The van der Waals surface area contributed by atoms with Gasteiger partial charge in [0.05, 0.1) is 0 Å². The summed E-state index contributed by atoms with van der Waals surface area (Å²) in [5, 5.41) is 12.1. The maximum absolute atomic E-state index is 11.1. The molecule has 0 saturated heterocycles. The number of nitrogens with one attached hydrogen (secondary N) is 1. The highest BCUT2D eigenvalue weighted by Crippen LogP contribution is 2.10. The van der Waals surface area contributed by atoms with E-state index in [9.17, 15) is 4.79 Å². The first-order chi connectivity index (χ1) is 10.2. The average Bonchev–Trinajstić information content (AvgIpc) is 2.48. The molecule has 0 radical (unpaired) electrons. The van der Waals surface area contributed by atoms with Crippen LogP contribution in [0.4, 0.5) is 5.82 Å². The Morgan fingerprint density at radius 1 is 1.19 bits per heavy atom. The van der Waals surface area contributed by atoms with Crippen molar-refractivity contribution in [3.05, 3.63) is 53.5 Å². The molecule has 1 heterocycles. The van der Waals surface area contributed by atoms with Crippen LogP contribution in [0.1, 0.15) is 35.2 Å². The lowest BCUT2D eigenvalue weighted by molar-refractivity contribution is 0.0690. The lowest BCUT2D eigenvalue weighted by Crippen LogP contribution is -2.09. The second kappa shape index (κ2) is 7.38. The van der Waals surface area contributed by atoms with E-state index in [1.165, 1.54) is 11.6 Å². The van der Waals surface area contributed by atoms with Crippen molar-refractivity contribution in [1.82, 2.24) is 9.97 Å². The van der Waals surface area contributed by atoms with Crippen LogP contribution in [0.25, 0.3) is 0 Å². The zero-order valence-corrected chi connectivity index (χ0v) is 12.0. The second-order valence-electron chi connectivity index (χ2n) is 4.73. The van der Waals surface area contributed by atoms with Crippen molar-refractivity contribution in [2.75, 3.05) is 11.9 Å². The van der Waals surface area contributed by atoms with Crippen LogP contribution in [0.2, 0.25) is 0 Å². The lowest BCUT2D eigenvalue weighted by atomic mass is 10.1. The third-order valence-corrected chi connectivity index (χ3v) is 3.06. The van der Waals surface area contributed by atoms with Gasteiger partial charge in [-0.2, -0.15) is 0 Å². The van der Waals surface area contributed by atoms with Gasteiger partial charge < -0.3 is 10.4 Å². The van der Waals surface area contributed by atoms with Gasteiger partial charge in [0.25, 0.3) is 0 Å². The highest BCUT2D eigenvalue weighted by atomic mass is 16.4. The number of hydrogen-bond acceptors (Lipinski definition) is 4. The van der Waals surface area contributed by atoms with Gasteiger partial charge in [-0.25, -0.2) is 14.8 Å². The molecule has 0 atom stereocenters. The number of carbonyl (C=O) groups is 1. The van der Waals surface area contributed by atoms with E-state index in [0.717, 1.165) is 12.8 Å². The molecule has 0 amide bonds. The Balaban J connectivity index is 2.03. The molecule has 5 heteroatoms. The fourth-order valence-electron chi connectivity index (χ4n) is 2.09. The van der Waals surface area contributed by atoms with Crippen LogP contribution < -0.4 is 5.32 Å². The number of aromatic carboxylic acids is 1. The Morgan fingerprint density at radius 3 is 2.62 bits per heavy atom. The third kappa shape index (κ3) is 4.56. The first-order valence-electron chi connectivity index (χ1n) is 7.08. The lowest BCUT2D eigenvalue weighted by Gasteiger charge is -2.07. The summed E-state index contributed by atoms with van der Waals surface area (Å²) in [6, 6.07) is 11.6. The van der Waals surface area contributed by atoms with E-state index >= 15 is 0 Å².